The van der Waals surface area contributed by atoms with E-state index in [1.165, 1.54) is 11.8 Å². The molecule has 164 valence electrons. The lowest BCUT2D eigenvalue weighted by atomic mass is 10.1. The van der Waals surface area contributed by atoms with Gasteiger partial charge in [-0.25, -0.2) is 0 Å². The highest BCUT2D eigenvalue weighted by Crippen LogP contribution is 2.36. The molecule has 0 saturated carbocycles. The summed E-state index contributed by atoms with van der Waals surface area (Å²) >= 11 is 16.9. The summed E-state index contributed by atoms with van der Waals surface area (Å²) in [5.41, 5.74) is 3.10. The Morgan fingerprint density at radius 3 is 2.91 bits per heavy atom. The maximum Gasteiger partial charge on any atom is 0.266 e. The van der Waals surface area contributed by atoms with E-state index in [-0.39, 0.29) is 12.0 Å². The van der Waals surface area contributed by atoms with Crippen molar-refractivity contribution in [1.29, 1.82) is 0 Å². The van der Waals surface area contributed by atoms with Gasteiger partial charge in [0.2, 0.25) is 0 Å². The summed E-state index contributed by atoms with van der Waals surface area (Å²) in [6.45, 7) is 1.93. The van der Waals surface area contributed by atoms with Gasteiger partial charge in [-0.3, -0.25) is 9.69 Å². The van der Waals surface area contributed by atoms with Gasteiger partial charge in [-0.2, -0.15) is 0 Å². The van der Waals surface area contributed by atoms with Crippen LogP contribution in [-0.2, 0) is 16.1 Å². The number of aromatic nitrogens is 1. The third-order valence-electron chi connectivity index (χ3n) is 5.74. The van der Waals surface area contributed by atoms with E-state index in [0.717, 1.165) is 51.0 Å². The van der Waals surface area contributed by atoms with E-state index in [2.05, 4.69) is 38.8 Å². The number of thiocarbonyl (C=S) groups is 1. The van der Waals surface area contributed by atoms with Gasteiger partial charge in [0.15, 0.2) is 0 Å². The van der Waals surface area contributed by atoms with Crippen molar-refractivity contribution in [3.63, 3.8) is 0 Å². The molecule has 8 heteroatoms. The van der Waals surface area contributed by atoms with Crippen molar-refractivity contribution in [1.82, 2.24) is 9.47 Å². The van der Waals surface area contributed by atoms with Gasteiger partial charge in [-0.05, 0) is 48.7 Å². The second kappa shape index (κ2) is 9.31. The monoisotopic (exact) mass is 546 g/mol. The topological polar surface area (TPSA) is 34.5 Å². The second-order valence-electron chi connectivity index (χ2n) is 7.89. The van der Waals surface area contributed by atoms with Crippen LogP contribution in [0.2, 0.25) is 5.02 Å². The van der Waals surface area contributed by atoms with E-state index in [1.54, 1.807) is 4.90 Å². The van der Waals surface area contributed by atoms with E-state index in [0.29, 0.717) is 22.3 Å². The first-order chi connectivity index (χ1) is 15.5. The minimum Gasteiger partial charge on any atom is -0.376 e. The van der Waals surface area contributed by atoms with Gasteiger partial charge in [0, 0.05) is 45.3 Å². The molecular formula is C24H20BrClN2O2S2. The first-order valence-electron chi connectivity index (χ1n) is 10.4. The van der Waals surface area contributed by atoms with E-state index >= 15 is 0 Å². The number of halogens is 2. The molecule has 0 bridgehead atoms. The van der Waals surface area contributed by atoms with Crippen LogP contribution in [0.5, 0.6) is 0 Å². The molecule has 5 rings (SSSR count). The average Bonchev–Trinajstić information content (AvgIpc) is 3.46. The molecule has 0 spiro atoms. The molecule has 3 aromatic rings. The van der Waals surface area contributed by atoms with E-state index < -0.39 is 0 Å². The Labute approximate surface area is 209 Å². The Bertz CT molecular complexity index is 1250. The number of thioether (sulfide) groups is 1. The molecule has 0 aliphatic carbocycles. The van der Waals surface area contributed by atoms with Gasteiger partial charge in [0.25, 0.3) is 5.91 Å². The predicted octanol–water partition coefficient (Wildman–Crippen LogP) is 6.49. The Kier molecular flexibility index (Phi) is 6.45. The molecule has 2 aliphatic rings. The van der Waals surface area contributed by atoms with Crippen LogP contribution in [0.25, 0.3) is 17.0 Å². The lowest BCUT2D eigenvalue weighted by Crippen LogP contribution is -2.35. The standard InChI is InChI=1S/C24H20BrClN2O2S2/c25-17-7-8-21-19(11-17)16(13-27(21)12-15-4-1-2-6-20(15)26)10-22-23(29)28(24(31)32-22)14-18-5-3-9-30-18/h1-2,4,6-8,10-11,13,18H,3,5,9,12,14H2/b22-10-/t18-/m1/s1. The highest BCUT2D eigenvalue weighted by Gasteiger charge is 2.34. The second-order valence-corrected chi connectivity index (χ2v) is 10.9. The molecule has 1 amide bonds. The summed E-state index contributed by atoms with van der Waals surface area (Å²) in [6, 6.07) is 14.0. The molecule has 0 radical (unpaired) electrons. The summed E-state index contributed by atoms with van der Waals surface area (Å²) in [4.78, 5) is 15.4. The molecule has 3 heterocycles. The van der Waals surface area contributed by atoms with Crippen molar-refractivity contribution < 1.29 is 9.53 Å². The van der Waals surface area contributed by atoms with Crippen LogP contribution >= 0.6 is 51.5 Å². The van der Waals surface area contributed by atoms with Gasteiger partial charge in [-0.1, -0.05) is 69.7 Å². The molecule has 2 fully saturated rings. The van der Waals surface area contributed by atoms with E-state index in [1.807, 2.05) is 36.4 Å². The molecule has 2 saturated heterocycles. The van der Waals surface area contributed by atoms with Crippen LogP contribution in [0.1, 0.15) is 24.0 Å². The van der Waals surface area contributed by atoms with Crippen molar-refractivity contribution in [3.8, 4) is 0 Å². The van der Waals surface area contributed by atoms with Gasteiger partial charge in [-0.15, -0.1) is 0 Å². The molecule has 32 heavy (non-hydrogen) atoms. The summed E-state index contributed by atoms with van der Waals surface area (Å²) in [6.07, 6.45) is 6.11. The van der Waals surface area contributed by atoms with Crippen LogP contribution in [0.4, 0.5) is 0 Å². The number of benzene rings is 2. The molecule has 2 aliphatic heterocycles. The van der Waals surface area contributed by atoms with Crippen LogP contribution in [0.3, 0.4) is 0 Å². The first-order valence-corrected chi connectivity index (χ1v) is 12.8. The predicted molar refractivity (Wildman–Crippen MR) is 139 cm³/mol. The average molecular weight is 548 g/mol. The van der Waals surface area contributed by atoms with Crippen LogP contribution in [0, 0.1) is 0 Å². The van der Waals surface area contributed by atoms with Crippen molar-refractivity contribution in [3.05, 3.63) is 74.2 Å². The Morgan fingerprint density at radius 2 is 2.12 bits per heavy atom. The third-order valence-corrected chi connectivity index (χ3v) is 7.98. The van der Waals surface area contributed by atoms with Gasteiger partial charge in [0.1, 0.15) is 4.32 Å². The normalized spacial score (nSPS) is 20.2. The zero-order valence-electron chi connectivity index (χ0n) is 17.1. The third kappa shape index (κ3) is 4.41. The number of hydrogen-bond acceptors (Lipinski definition) is 4. The molecule has 1 atom stereocenters. The van der Waals surface area contributed by atoms with Crippen molar-refractivity contribution in [2.24, 2.45) is 0 Å². The largest absolute Gasteiger partial charge is 0.376 e. The summed E-state index contributed by atoms with van der Waals surface area (Å²) < 4.78 is 9.45. The van der Waals surface area contributed by atoms with E-state index in [4.69, 9.17) is 28.6 Å². The van der Waals surface area contributed by atoms with Crippen LogP contribution in [0.15, 0.2) is 58.0 Å². The number of carbonyl (C=O) groups is 1. The van der Waals surface area contributed by atoms with Gasteiger partial charge >= 0.3 is 0 Å². The minimum atomic E-state index is -0.0440. The SMILES string of the molecule is O=C1/C(=C/c2cn(Cc3ccccc3Cl)c3ccc(Br)cc23)SC(=S)N1C[C@H]1CCCO1. The molecule has 0 N–H and O–H groups in total. The summed E-state index contributed by atoms with van der Waals surface area (Å²) in [5.74, 6) is -0.0440. The maximum atomic E-state index is 13.1. The molecule has 2 aromatic carbocycles. The number of carbonyl (C=O) groups excluding carboxylic acids is 1. The number of hydrogen-bond donors (Lipinski definition) is 0. The van der Waals surface area contributed by atoms with Crippen LogP contribution in [-0.4, -0.2) is 39.0 Å². The smallest absolute Gasteiger partial charge is 0.266 e. The molecule has 4 nitrogen and oxygen atoms in total. The summed E-state index contributed by atoms with van der Waals surface area (Å²) in [5, 5.41) is 1.80. The van der Waals surface area contributed by atoms with Gasteiger partial charge < -0.3 is 9.30 Å². The quantitative estimate of drug-likeness (QED) is 0.270. The highest BCUT2D eigenvalue weighted by atomic mass is 79.9. The number of nitrogens with zero attached hydrogens (tertiary/aromatic N) is 2. The Balaban J connectivity index is 1.49. The first kappa shape index (κ1) is 22.2. The van der Waals surface area contributed by atoms with E-state index in [9.17, 15) is 4.79 Å². The maximum absolute atomic E-state index is 13.1. The lowest BCUT2D eigenvalue weighted by Gasteiger charge is -2.18. The number of fused-ring (bicyclic) bond motifs is 1. The Morgan fingerprint density at radius 1 is 1.28 bits per heavy atom. The fourth-order valence-corrected chi connectivity index (χ4v) is 5.97. The van der Waals surface area contributed by atoms with Crippen molar-refractivity contribution in [2.45, 2.75) is 25.5 Å². The van der Waals surface area contributed by atoms with Crippen molar-refractivity contribution >= 4 is 78.7 Å². The Hall–Kier alpha value is -1.64. The minimum absolute atomic E-state index is 0.0440. The fraction of sp³-hybridized carbons (Fsp3) is 0.250. The molecular weight excluding hydrogens is 528 g/mol. The lowest BCUT2D eigenvalue weighted by molar-refractivity contribution is -0.123. The van der Waals surface area contributed by atoms with Gasteiger partial charge in [0.05, 0.1) is 17.6 Å². The van der Waals surface area contributed by atoms with Crippen LogP contribution < -0.4 is 0 Å². The number of amides is 1. The summed E-state index contributed by atoms with van der Waals surface area (Å²) in [7, 11) is 0. The zero-order chi connectivity index (χ0) is 22.2. The number of rotatable bonds is 5. The molecule has 0 unspecified atom stereocenters. The highest BCUT2D eigenvalue weighted by molar-refractivity contribution is 9.10. The fourth-order valence-electron chi connectivity index (χ4n) is 4.14. The zero-order valence-corrected chi connectivity index (χ0v) is 21.1. The van der Waals surface area contributed by atoms with Crippen molar-refractivity contribution in [2.75, 3.05) is 13.2 Å². The number of ether oxygens (including phenoxy) is 1. The molecule has 1 aromatic heterocycles.